The molecule has 1 aliphatic rings. The SMILES string of the molecule is CCCN(C(=O)[C@@H](C)NC(=O)OC(C)(C)C)C1CCS(=O)(=O)C1. The van der Waals surface area contributed by atoms with Gasteiger partial charge in [0.2, 0.25) is 5.91 Å². The monoisotopic (exact) mass is 348 g/mol. The molecule has 2 atom stereocenters. The number of carbonyl (C=O) groups is 2. The van der Waals surface area contributed by atoms with Crippen LogP contribution in [0.5, 0.6) is 0 Å². The Morgan fingerprint density at radius 3 is 2.39 bits per heavy atom. The molecule has 0 aromatic rings. The summed E-state index contributed by atoms with van der Waals surface area (Å²) in [5, 5.41) is 2.52. The fraction of sp³-hybridized carbons (Fsp3) is 0.867. The molecule has 8 heteroatoms. The lowest BCUT2D eigenvalue weighted by Crippen LogP contribution is -2.52. The average molecular weight is 348 g/mol. The van der Waals surface area contributed by atoms with Crippen LogP contribution in [-0.4, -0.2) is 61.1 Å². The van der Waals surface area contributed by atoms with Crippen LogP contribution < -0.4 is 5.32 Å². The van der Waals surface area contributed by atoms with E-state index in [1.807, 2.05) is 6.92 Å². The van der Waals surface area contributed by atoms with Gasteiger partial charge in [-0.25, -0.2) is 13.2 Å². The van der Waals surface area contributed by atoms with Gasteiger partial charge in [-0.2, -0.15) is 0 Å². The van der Waals surface area contributed by atoms with E-state index in [9.17, 15) is 18.0 Å². The zero-order chi connectivity index (χ0) is 17.8. The minimum Gasteiger partial charge on any atom is -0.444 e. The summed E-state index contributed by atoms with van der Waals surface area (Å²) >= 11 is 0. The lowest BCUT2D eigenvalue weighted by molar-refractivity contribution is -0.135. The van der Waals surface area contributed by atoms with Gasteiger partial charge in [-0.1, -0.05) is 6.92 Å². The van der Waals surface area contributed by atoms with Crippen molar-refractivity contribution in [2.24, 2.45) is 0 Å². The molecule has 1 heterocycles. The second kappa shape index (κ2) is 7.51. The Balaban J connectivity index is 2.72. The van der Waals surface area contributed by atoms with Crippen molar-refractivity contribution >= 4 is 21.8 Å². The number of ether oxygens (including phenoxy) is 1. The van der Waals surface area contributed by atoms with Gasteiger partial charge in [-0.05, 0) is 40.5 Å². The summed E-state index contributed by atoms with van der Waals surface area (Å²) in [5.41, 5.74) is -0.643. The van der Waals surface area contributed by atoms with Crippen molar-refractivity contribution in [2.45, 2.75) is 65.1 Å². The third-order valence-corrected chi connectivity index (χ3v) is 5.25. The van der Waals surface area contributed by atoms with Crippen molar-refractivity contribution in [3.8, 4) is 0 Å². The van der Waals surface area contributed by atoms with Crippen LogP contribution in [0.1, 0.15) is 47.5 Å². The molecule has 1 N–H and O–H groups in total. The van der Waals surface area contributed by atoms with Crippen LogP contribution in [0.4, 0.5) is 4.79 Å². The van der Waals surface area contributed by atoms with Crippen LogP contribution in [0, 0.1) is 0 Å². The summed E-state index contributed by atoms with van der Waals surface area (Å²) in [4.78, 5) is 25.9. The van der Waals surface area contributed by atoms with Gasteiger partial charge in [0.15, 0.2) is 9.84 Å². The molecule has 1 aliphatic heterocycles. The number of alkyl carbamates (subject to hydrolysis) is 1. The Kier molecular flexibility index (Phi) is 6.44. The summed E-state index contributed by atoms with van der Waals surface area (Å²) in [6, 6.07) is -1.07. The van der Waals surface area contributed by atoms with Gasteiger partial charge >= 0.3 is 6.09 Å². The van der Waals surface area contributed by atoms with E-state index in [1.165, 1.54) is 0 Å². The Bertz CT molecular complexity index is 539. The van der Waals surface area contributed by atoms with E-state index in [2.05, 4.69) is 5.32 Å². The van der Waals surface area contributed by atoms with E-state index < -0.39 is 27.6 Å². The molecule has 1 fully saturated rings. The number of nitrogens with one attached hydrogen (secondary N) is 1. The van der Waals surface area contributed by atoms with E-state index in [0.717, 1.165) is 6.42 Å². The maximum Gasteiger partial charge on any atom is 0.408 e. The molecule has 23 heavy (non-hydrogen) atoms. The lowest BCUT2D eigenvalue weighted by atomic mass is 10.1. The molecule has 0 aliphatic carbocycles. The predicted octanol–water partition coefficient (Wildman–Crippen LogP) is 1.33. The van der Waals surface area contributed by atoms with Crippen LogP contribution in [0.15, 0.2) is 0 Å². The Labute approximate surface area is 138 Å². The van der Waals surface area contributed by atoms with Gasteiger partial charge < -0.3 is 15.0 Å². The lowest BCUT2D eigenvalue weighted by Gasteiger charge is -2.31. The molecule has 0 aromatic carbocycles. The van der Waals surface area contributed by atoms with Crippen molar-refractivity contribution < 1.29 is 22.7 Å². The average Bonchev–Trinajstić information content (AvgIpc) is 2.72. The normalized spacial score (nSPS) is 21.5. The first-order chi connectivity index (χ1) is 10.4. The number of hydrogen-bond donors (Lipinski definition) is 1. The molecule has 0 radical (unpaired) electrons. The molecule has 1 saturated heterocycles. The molecular formula is C15H28N2O5S. The van der Waals surface area contributed by atoms with Crippen molar-refractivity contribution in [3.05, 3.63) is 0 Å². The van der Waals surface area contributed by atoms with Gasteiger partial charge in [-0.15, -0.1) is 0 Å². The maximum absolute atomic E-state index is 12.6. The topological polar surface area (TPSA) is 92.8 Å². The summed E-state index contributed by atoms with van der Waals surface area (Å²) in [6.45, 7) is 9.21. The number of hydrogen-bond acceptors (Lipinski definition) is 5. The molecule has 7 nitrogen and oxygen atoms in total. The largest absolute Gasteiger partial charge is 0.444 e. The van der Waals surface area contributed by atoms with Crippen LogP contribution >= 0.6 is 0 Å². The van der Waals surface area contributed by atoms with E-state index in [0.29, 0.717) is 13.0 Å². The molecule has 0 spiro atoms. The Morgan fingerprint density at radius 1 is 1.35 bits per heavy atom. The van der Waals surface area contributed by atoms with E-state index >= 15 is 0 Å². The third kappa shape index (κ3) is 6.37. The summed E-state index contributed by atoms with van der Waals surface area (Å²) in [7, 11) is -3.07. The van der Waals surface area contributed by atoms with E-state index in [1.54, 1.807) is 32.6 Å². The third-order valence-electron chi connectivity index (χ3n) is 3.50. The first-order valence-electron chi connectivity index (χ1n) is 7.95. The van der Waals surface area contributed by atoms with Gasteiger partial charge in [0, 0.05) is 12.6 Å². The van der Waals surface area contributed by atoms with E-state index in [4.69, 9.17) is 4.74 Å². The summed E-state index contributed by atoms with van der Waals surface area (Å²) in [5.74, 6) is -0.170. The highest BCUT2D eigenvalue weighted by molar-refractivity contribution is 7.91. The van der Waals surface area contributed by atoms with Crippen LogP contribution in [0.25, 0.3) is 0 Å². The molecule has 134 valence electrons. The van der Waals surface area contributed by atoms with Crippen molar-refractivity contribution in [2.75, 3.05) is 18.1 Å². The molecule has 0 saturated carbocycles. The maximum atomic E-state index is 12.6. The van der Waals surface area contributed by atoms with Gasteiger partial charge in [-0.3, -0.25) is 4.79 Å². The van der Waals surface area contributed by atoms with Gasteiger partial charge in [0.1, 0.15) is 11.6 Å². The smallest absolute Gasteiger partial charge is 0.408 e. The first kappa shape index (κ1) is 19.7. The highest BCUT2D eigenvalue weighted by Gasteiger charge is 2.36. The summed E-state index contributed by atoms with van der Waals surface area (Å²) in [6.07, 6.45) is 0.517. The minimum absolute atomic E-state index is 0.00209. The second-order valence-electron chi connectivity index (χ2n) is 6.96. The predicted molar refractivity (Wildman–Crippen MR) is 87.9 cm³/mol. The zero-order valence-electron chi connectivity index (χ0n) is 14.6. The minimum atomic E-state index is -3.07. The molecule has 0 bridgehead atoms. The second-order valence-corrected chi connectivity index (χ2v) is 9.19. The number of sulfone groups is 1. The quantitative estimate of drug-likeness (QED) is 0.809. The van der Waals surface area contributed by atoms with Crippen LogP contribution in [0.2, 0.25) is 0 Å². The van der Waals surface area contributed by atoms with E-state index in [-0.39, 0.29) is 23.5 Å². The number of rotatable bonds is 5. The molecule has 0 aromatic heterocycles. The summed E-state index contributed by atoms with van der Waals surface area (Å²) < 4.78 is 28.4. The zero-order valence-corrected chi connectivity index (χ0v) is 15.4. The van der Waals surface area contributed by atoms with Crippen molar-refractivity contribution in [3.63, 3.8) is 0 Å². The van der Waals surface area contributed by atoms with Crippen molar-refractivity contribution in [1.82, 2.24) is 10.2 Å². The molecular weight excluding hydrogens is 320 g/mol. The number of nitrogens with zero attached hydrogens (tertiary/aromatic N) is 1. The fourth-order valence-electron chi connectivity index (χ4n) is 2.53. The van der Waals surface area contributed by atoms with Crippen molar-refractivity contribution in [1.29, 1.82) is 0 Å². The highest BCUT2D eigenvalue weighted by atomic mass is 32.2. The van der Waals surface area contributed by atoms with Crippen LogP contribution in [0.3, 0.4) is 0 Å². The first-order valence-corrected chi connectivity index (χ1v) is 9.77. The fourth-order valence-corrected chi connectivity index (χ4v) is 4.26. The highest BCUT2D eigenvalue weighted by Crippen LogP contribution is 2.19. The number of amides is 2. The van der Waals surface area contributed by atoms with Crippen LogP contribution in [-0.2, 0) is 19.4 Å². The molecule has 2 amide bonds. The molecule has 1 rings (SSSR count). The Morgan fingerprint density at radius 2 is 1.96 bits per heavy atom. The van der Waals surface area contributed by atoms with Gasteiger partial charge in [0.25, 0.3) is 0 Å². The Hall–Kier alpha value is -1.31. The standard InChI is InChI=1S/C15H28N2O5S/c1-6-8-17(12-7-9-23(20,21)10-12)13(18)11(2)16-14(19)22-15(3,4)5/h11-12H,6-10H2,1-5H3,(H,16,19)/t11-,12?/m1/s1. The number of carbonyl (C=O) groups excluding carboxylic acids is 2. The molecule has 1 unspecified atom stereocenters. The van der Waals surface area contributed by atoms with Gasteiger partial charge in [0.05, 0.1) is 11.5 Å².